The Morgan fingerprint density at radius 2 is 2.19 bits per heavy atom. The summed E-state index contributed by atoms with van der Waals surface area (Å²) in [4.78, 5) is 21.3. The fourth-order valence-electron chi connectivity index (χ4n) is 1.23. The predicted molar refractivity (Wildman–Crippen MR) is 55.7 cm³/mol. The lowest BCUT2D eigenvalue weighted by Crippen LogP contribution is -2.28. The van der Waals surface area contributed by atoms with Gasteiger partial charge in [0.05, 0.1) is 23.6 Å². The number of amides is 1. The van der Waals surface area contributed by atoms with Gasteiger partial charge in [0.15, 0.2) is 0 Å². The first-order valence-corrected chi connectivity index (χ1v) is 4.49. The van der Waals surface area contributed by atoms with Crippen LogP contribution in [0.2, 0.25) is 0 Å². The molecule has 0 aliphatic rings. The lowest BCUT2D eigenvalue weighted by Gasteiger charge is -2.04. The molecule has 0 atom stereocenters. The molecule has 1 rings (SSSR count). The van der Waals surface area contributed by atoms with Crippen molar-refractivity contribution in [2.24, 2.45) is 5.73 Å². The molecule has 1 aromatic rings. The van der Waals surface area contributed by atoms with Crippen molar-refractivity contribution < 1.29 is 14.7 Å². The highest BCUT2D eigenvalue weighted by atomic mass is 16.4. The van der Waals surface area contributed by atoms with E-state index in [9.17, 15) is 9.59 Å². The van der Waals surface area contributed by atoms with Crippen molar-refractivity contribution in [3.05, 3.63) is 11.4 Å². The Kier molecular flexibility index (Phi) is 3.46. The molecule has 0 aromatic carbocycles. The molecule has 0 aliphatic carbocycles. The fraction of sp³-hybridized carbons (Fsp3) is 0.375. The van der Waals surface area contributed by atoms with E-state index in [0.29, 0.717) is 17.1 Å². The van der Waals surface area contributed by atoms with Gasteiger partial charge in [-0.3, -0.25) is 4.79 Å². The SMILES string of the molecule is Cc1nn(C(N)=O)c(CNCC(=O)O)c1N. The molecule has 0 bridgehead atoms. The molecule has 1 heterocycles. The maximum Gasteiger partial charge on any atom is 0.339 e. The van der Waals surface area contributed by atoms with Crippen LogP contribution in [0.1, 0.15) is 11.4 Å². The van der Waals surface area contributed by atoms with E-state index < -0.39 is 12.0 Å². The molecule has 0 spiro atoms. The highest BCUT2D eigenvalue weighted by Crippen LogP contribution is 2.15. The second kappa shape index (κ2) is 4.62. The summed E-state index contributed by atoms with van der Waals surface area (Å²) in [7, 11) is 0. The normalized spacial score (nSPS) is 10.3. The quantitative estimate of drug-likeness (QED) is 0.514. The van der Waals surface area contributed by atoms with Crippen molar-refractivity contribution in [3.63, 3.8) is 0 Å². The molecule has 0 unspecified atom stereocenters. The zero-order valence-electron chi connectivity index (χ0n) is 8.73. The first kappa shape index (κ1) is 12.0. The van der Waals surface area contributed by atoms with Crippen molar-refractivity contribution in [1.29, 1.82) is 0 Å². The number of hydrogen-bond donors (Lipinski definition) is 4. The molecule has 0 fully saturated rings. The molecule has 0 saturated heterocycles. The Morgan fingerprint density at radius 3 is 2.69 bits per heavy atom. The highest BCUT2D eigenvalue weighted by molar-refractivity contribution is 5.76. The van der Waals surface area contributed by atoms with E-state index in [4.69, 9.17) is 16.6 Å². The van der Waals surface area contributed by atoms with E-state index in [1.54, 1.807) is 6.92 Å². The van der Waals surface area contributed by atoms with Gasteiger partial charge in [-0.15, -0.1) is 0 Å². The molecule has 1 amide bonds. The van der Waals surface area contributed by atoms with Gasteiger partial charge in [0, 0.05) is 6.54 Å². The molecule has 0 saturated carbocycles. The number of nitrogens with zero attached hydrogens (tertiary/aromatic N) is 2. The van der Waals surface area contributed by atoms with Gasteiger partial charge < -0.3 is 21.9 Å². The van der Waals surface area contributed by atoms with Gasteiger partial charge in [0.1, 0.15) is 0 Å². The van der Waals surface area contributed by atoms with Crippen molar-refractivity contribution >= 4 is 17.7 Å². The lowest BCUT2D eigenvalue weighted by atomic mass is 10.3. The summed E-state index contributed by atoms with van der Waals surface area (Å²) in [5, 5.41) is 14.9. The first-order valence-electron chi connectivity index (χ1n) is 4.49. The maximum atomic E-state index is 11.0. The average molecular weight is 227 g/mol. The third-order valence-corrected chi connectivity index (χ3v) is 1.98. The molecule has 0 radical (unpaired) electrons. The minimum absolute atomic E-state index is 0.113. The van der Waals surface area contributed by atoms with E-state index in [1.165, 1.54) is 0 Å². The van der Waals surface area contributed by atoms with E-state index >= 15 is 0 Å². The Morgan fingerprint density at radius 1 is 1.56 bits per heavy atom. The number of anilines is 1. The molecule has 6 N–H and O–H groups in total. The molecule has 88 valence electrons. The largest absolute Gasteiger partial charge is 0.480 e. The molecular formula is C8H13N5O3. The van der Waals surface area contributed by atoms with Gasteiger partial charge in [-0.1, -0.05) is 0 Å². The van der Waals surface area contributed by atoms with Crippen molar-refractivity contribution in [1.82, 2.24) is 15.1 Å². The zero-order valence-corrected chi connectivity index (χ0v) is 8.73. The Bertz CT molecular complexity index is 426. The van der Waals surface area contributed by atoms with Gasteiger partial charge in [-0.2, -0.15) is 9.78 Å². The summed E-state index contributed by atoms with van der Waals surface area (Å²) in [5.74, 6) is -1.000. The topological polar surface area (TPSA) is 136 Å². The van der Waals surface area contributed by atoms with Crippen molar-refractivity contribution in [2.75, 3.05) is 12.3 Å². The van der Waals surface area contributed by atoms with Gasteiger partial charge in [-0.05, 0) is 6.92 Å². The second-order valence-electron chi connectivity index (χ2n) is 3.19. The molecule has 1 aromatic heterocycles. The number of carboxylic acids is 1. The summed E-state index contributed by atoms with van der Waals surface area (Å²) in [6.45, 7) is 1.51. The number of carboxylic acid groups (broad SMARTS) is 1. The van der Waals surface area contributed by atoms with Crippen LogP contribution in [0.3, 0.4) is 0 Å². The maximum absolute atomic E-state index is 11.0. The monoisotopic (exact) mass is 227 g/mol. The van der Waals surface area contributed by atoms with E-state index in [0.717, 1.165) is 4.68 Å². The van der Waals surface area contributed by atoms with Gasteiger partial charge in [0.2, 0.25) is 0 Å². The molecular weight excluding hydrogens is 214 g/mol. The minimum Gasteiger partial charge on any atom is -0.480 e. The third-order valence-electron chi connectivity index (χ3n) is 1.98. The van der Waals surface area contributed by atoms with Gasteiger partial charge in [-0.25, -0.2) is 4.79 Å². The number of nitrogen functional groups attached to an aromatic ring is 1. The molecule has 0 aliphatic heterocycles. The van der Waals surface area contributed by atoms with Crippen molar-refractivity contribution in [2.45, 2.75) is 13.5 Å². The second-order valence-corrected chi connectivity index (χ2v) is 3.19. The van der Waals surface area contributed by atoms with Crippen LogP contribution in [0, 0.1) is 6.92 Å². The molecule has 8 nitrogen and oxygen atoms in total. The zero-order chi connectivity index (χ0) is 12.3. The number of nitrogens with one attached hydrogen (secondary N) is 1. The predicted octanol–water partition coefficient (Wildman–Crippen LogP) is -1.13. The van der Waals surface area contributed by atoms with Crippen LogP contribution in [-0.4, -0.2) is 33.4 Å². The number of primary amides is 1. The number of aromatic nitrogens is 2. The Balaban J connectivity index is 2.85. The highest BCUT2D eigenvalue weighted by Gasteiger charge is 2.15. The van der Waals surface area contributed by atoms with Crippen LogP contribution in [0.25, 0.3) is 0 Å². The Labute approximate surface area is 91.2 Å². The number of carbonyl (C=O) groups is 2. The van der Waals surface area contributed by atoms with Crippen LogP contribution in [0.5, 0.6) is 0 Å². The smallest absolute Gasteiger partial charge is 0.339 e. The van der Waals surface area contributed by atoms with E-state index in [2.05, 4.69) is 10.4 Å². The van der Waals surface area contributed by atoms with Gasteiger partial charge >= 0.3 is 12.0 Å². The number of aliphatic carboxylic acids is 1. The summed E-state index contributed by atoms with van der Waals surface area (Å²) in [6, 6.07) is -0.757. The van der Waals surface area contributed by atoms with Crippen LogP contribution >= 0.6 is 0 Å². The van der Waals surface area contributed by atoms with Crippen molar-refractivity contribution in [3.8, 4) is 0 Å². The number of rotatable bonds is 4. The summed E-state index contributed by atoms with van der Waals surface area (Å²) in [5.41, 5.74) is 11.9. The first-order chi connectivity index (χ1) is 7.43. The van der Waals surface area contributed by atoms with E-state index in [-0.39, 0.29) is 13.1 Å². The van der Waals surface area contributed by atoms with Crippen LogP contribution in [0.4, 0.5) is 10.5 Å². The Hall–Kier alpha value is -2.09. The number of hydrogen-bond acceptors (Lipinski definition) is 5. The standard InChI is InChI=1S/C8H13N5O3/c1-4-7(9)5(2-11-3-6(14)15)13(12-4)8(10)16/h11H,2-3,9H2,1H3,(H2,10,16)(H,14,15). The summed E-state index contributed by atoms with van der Waals surface area (Å²) < 4.78 is 0.958. The molecule has 16 heavy (non-hydrogen) atoms. The number of nitrogens with two attached hydrogens (primary N) is 2. The number of aryl methyl sites for hydroxylation is 1. The summed E-state index contributed by atoms with van der Waals surface area (Å²) >= 11 is 0. The van der Waals surface area contributed by atoms with E-state index in [1.807, 2.05) is 0 Å². The average Bonchev–Trinajstić information content (AvgIpc) is 2.45. The summed E-state index contributed by atoms with van der Waals surface area (Å²) in [6.07, 6.45) is 0. The van der Waals surface area contributed by atoms with Crippen LogP contribution in [-0.2, 0) is 11.3 Å². The lowest BCUT2D eigenvalue weighted by molar-refractivity contribution is -0.136. The fourth-order valence-corrected chi connectivity index (χ4v) is 1.23. The minimum atomic E-state index is -1.000. The molecule has 8 heteroatoms. The van der Waals surface area contributed by atoms with Gasteiger partial charge in [0.25, 0.3) is 0 Å². The van der Waals surface area contributed by atoms with Crippen LogP contribution < -0.4 is 16.8 Å². The number of carbonyl (C=O) groups excluding carboxylic acids is 1. The third kappa shape index (κ3) is 2.48. The van der Waals surface area contributed by atoms with Crippen LogP contribution in [0.15, 0.2) is 0 Å².